The third kappa shape index (κ3) is 2.94. The summed E-state index contributed by atoms with van der Waals surface area (Å²) < 4.78 is 13.7. The van der Waals surface area contributed by atoms with Crippen LogP contribution in [0.1, 0.15) is 18.1 Å². The van der Waals surface area contributed by atoms with Crippen molar-refractivity contribution >= 4 is 17.3 Å². The molecule has 0 saturated carbocycles. The summed E-state index contributed by atoms with van der Waals surface area (Å²) in [4.78, 5) is 1.99. The lowest BCUT2D eigenvalue weighted by molar-refractivity contribution is 0.628. The first-order chi connectivity index (χ1) is 10.4. The summed E-state index contributed by atoms with van der Waals surface area (Å²) in [6.45, 7) is 9.58. The van der Waals surface area contributed by atoms with E-state index in [9.17, 15) is 4.39 Å². The number of allylic oxidation sites excluding steroid dienone is 1. The molecule has 0 radical (unpaired) electrons. The summed E-state index contributed by atoms with van der Waals surface area (Å²) in [5, 5.41) is 0.691. The van der Waals surface area contributed by atoms with Crippen molar-refractivity contribution in [3.63, 3.8) is 0 Å². The van der Waals surface area contributed by atoms with Gasteiger partial charge in [-0.25, -0.2) is 4.39 Å². The van der Waals surface area contributed by atoms with E-state index in [0.29, 0.717) is 5.02 Å². The molecule has 0 spiro atoms. The van der Waals surface area contributed by atoms with E-state index >= 15 is 0 Å². The van der Waals surface area contributed by atoms with Crippen molar-refractivity contribution in [2.45, 2.75) is 20.8 Å². The minimum atomic E-state index is -0.255. The van der Waals surface area contributed by atoms with Gasteiger partial charge in [0.1, 0.15) is 5.82 Å². The van der Waals surface area contributed by atoms with Gasteiger partial charge in [-0.3, -0.25) is 0 Å². The van der Waals surface area contributed by atoms with E-state index in [1.54, 1.807) is 12.1 Å². The van der Waals surface area contributed by atoms with Crippen molar-refractivity contribution in [3.8, 4) is 11.1 Å². The van der Waals surface area contributed by atoms with Crippen molar-refractivity contribution in [1.82, 2.24) is 0 Å². The first-order valence-electron chi connectivity index (χ1n) is 7.02. The van der Waals surface area contributed by atoms with Gasteiger partial charge in [0, 0.05) is 17.6 Å². The molecule has 0 aliphatic carbocycles. The average molecular weight is 316 g/mol. The van der Waals surface area contributed by atoms with Gasteiger partial charge in [0.05, 0.1) is 11.4 Å². The highest BCUT2D eigenvalue weighted by Crippen LogP contribution is 2.40. The molecule has 2 rings (SSSR count). The van der Waals surface area contributed by atoms with E-state index in [-0.39, 0.29) is 5.82 Å². The van der Waals surface area contributed by atoms with E-state index in [4.69, 9.17) is 11.6 Å². The Balaban J connectivity index is 2.83. The van der Waals surface area contributed by atoms with Crippen LogP contribution in [0.5, 0.6) is 0 Å². The maximum atomic E-state index is 13.7. The fourth-order valence-corrected chi connectivity index (χ4v) is 2.82. The first kappa shape index (κ1) is 16.4. The smallest absolute Gasteiger partial charge is 0.123 e. The number of nitrogens with zero attached hydrogens (tertiary/aromatic N) is 1. The molecule has 0 bridgehead atoms. The average Bonchev–Trinajstić information content (AvgIpc) is 2.49. The monoisotopic (exact) mass is 315 g/mol. The summed E-state index contributed by atoms with van der Waals surface area (Å²) in [7, 11) is 1.94. The largest absolute Gasteiger partial charge is 0.341 e. The van der Waals surface area contributed by atoms with E-state index in [1.165, 1.54) is 6.07 Å². The van der Waals surface area contributed by atoms with Crippen molar-refractivity contribution in [3.05, 3.63) is 70.3 Å². The summed E-state index contributed by atoms with van der Waals surface area (Å²) in [5.74, 6) is -0.255. The summed E-state index contributed by atoms with van der Waals surface area (Å²) >= 11 is 6.36. The fraction of sp³-hybridized carbons (Fsp3) is 0.211. The Morgan fingerprint density at radius 2 is 1.95 bits per heavy atom. The summed E-state index contributed by atoms with van der Waals surface area (Å²) in [6, 6.07) is 8.53. The third-order valence-corrected chi connectivity index (χ3v) is 4.29. The number of aryl methyl sites for hydroxylation is 1. The lowest BCUT2D eigenvalue weighted by Gasteiger charge is -2.26. The molecular weight excluding hydrogens is 297 g/mol. The molecule has 1 nitrogen and oxygen atoms in total. The number of halogens is 2. The molecule has 114 valence electrons. The van der Waals surface area contributed by atoms with Gasteiger partial charge in [-0.05, 0) is 55.7 Å². The normalized spacial score (nSPS) is 10.3. The standard InChI is InChI=1S/C19H19ClFN/c1-6-13(3)22(5)19-14(4)17(20)10-12(2)18(19)15-8-7-9-16(21)11-15/h7-11H,1H2,2-5H3. The van der Waals surface area contributed by atoms with E-state index in [2.05, 4.69) is 12.3 Å². The Bertz CT molecular complexity index is 773. The number of benzene rings is 2. The van der Waals surface area contributed by atoms with E-state index in [0.717, 1.165) is 33.6 Å². The molecule has 2 aromatic rings. The molecule has 22 heavy (non-hydrogen) atoms. The van der Waals surface area contributed by atoms with Crippen LogP contribution in [0.3, 0.4) is 0 Å². The molecule has 0 aliphatic rings. The molecule has 0 fully saturated rings. The number of anilines is 1. The summed E-state index contributed by atoms with van der Waals surface area (Å²) in [6.07, 6.45) is 0. The molecule has 0 aliphatic heterocycles. The van der Waals surface area contributed by atoms with E-state index < -0.39 is 0 Å². The number of hydrogen-bond donors (Lipinski definition) is 0. The molecule has 0 saturated heterocycles. The Labute approximate surface area is 136 Å². The molecule has 0 atom stereocenters. The van der Waals surface area contributed by atoms with Gasteiger partial charge < -0.3 is 4.90 Å². The van der Waals surface area contributed by atoms with Crippen molar-refractivity contribution in [2.24, 2.45) is 0 Å². The van der Waals surface area contributed by atoms with Crippen LogP contribution in [0.4, 0.5) is 10.1 Å². The lowest BCUT2D eigenvalue weighted by atomic mass is 9.94. The Kier molecular flexibility index (Phi) is 4.75. The topological polar surface area (TPSA) is 3.24 Å². The van der Waals surface area contributed by atoms with Crippen LogP contribution >= 0.6 is 11.6 Å². The molecule has 3 heteroatoms. The number of rotatable bonds is 3. The Morgan fingerprint density at radius 3 is 2.55 bits per heavy atom. The van der Waals surface area contributed by atoms with Crippen LogP contribution in [0.2, 0.25) is 5.02 Å². The Morgan fingerprint density at radius 1 is 1.27 bits per heavy atom. The van der Waals surface area contributed by atoms with Crippen LogP contribution in [-0.2, 0) is 0 Å². The van der Waals surface area contributed by atoms with Gasteiger partial charge >= 0.3 is 0 Å². The van der Waals surface area contributed by atoms with Crippen LogP contribution in [0.15, 0.2) is 48.3 Å². The second-order valence-corrected chi connectivity index (χ2v) is 5.76. The first-order valence-corrected chi connectivity index (χ1v) is 7.40. The highest BCUT2D eigenvalue weighted by molar-refractivity contribution is 6.32. The summed E-state index contributed by atoms with van der Waals surface area (Å²) in [5.41, 5.74) is 8.47. The van der Waals surface area contributed by atoms with Gasteiger partial charge in [-0.2, -0.15) is 0 Å². The minimum absolute atomic E-state index is 0.255. The maximum Gasteiger partial charge on any atom is 0.123 e. The molecular formula is C19H19ClFN. The van der Waals surface area contributed by atoms with Crippen LogP contribution in [0.25, 0.3) is 11.1 Å². The highest BCUT2D eigenvalue weighted by atomic mass is 35.5. The fourth-order valence-electron chi connectivity index (χ4n) is 2.57. The van der Waals surface area contributed by atoms with Crippen molar-refractivity contribution in [1.29, 1.82) is 0 Å². The van der Waals surface area contributed by atoms with Gasteiger partial charge in [0.2, 0.25) is 0 Å². The van der Waals surface area contributed by atoms with Crippen LogP contribution < -0.4 is 4.90 Å². The molecule has 2 aromatic carbocycles. The Hall–Kier alpha value is -2.02. The zero-order valence-electron chi connectivity index (χ0n) is 13.3. The SMILES string of the molecule is C=C=C(C)N(C)c1c(C)c(Cl)cc(C)c1-c1cccc(F)c1. The predicted molar refractivity (Wildman–Crippen MR) is 93.1 cm³/mol. The maximum absolute atomic E-state index is 13.7. The van der Waals surface area contributed by atoms with Gasteiger partial charge in [0.25, 0.3) is 0 Å². The lowest BCUT2D eigenvalue weighted by Crippen LogP contribution is -2.16. The van der Waals surface area contributed by atoms with Crippen molar-refractivity contribution in [2.75, 3.05) is 11.9 Å². The van der Waals surface area contributed by atoms with Gasteiger partial charge in [0.15, 0.2) is 0 Å². The second-order valence-electron chi connectivity index (χ2n) is 5.36. The second kappa shape index (κ2) is 6.39. The third-order valence-electron chi connectivity index (χ3n) is 3.90. The van der Waals surface area contributed by atoms with Crippen LogP contribution in [-0.4, -0.2) is 7.05 Å². The molecule has 0 aromatic heterocycles. The van der Waals surface area contributed by atoms with Gasteiger partial charge in [-0.1, -0.05) is 30.3 Å². The quantitative estimate of drug-likeness (QED) is 0.638. The molecule has 0 amide bonds. The highest BCUT2D eigenvalue weighted by Gasteiger charge is 2.18. The molecule has 0 N–H and O–H groups in total. The zero-order chi connectivity index (χ0) is 16.4. The molecule has 0 unspecified atom stereocenters. The van der Waals surface area contributed by atoms with Crippen LogP contribution in [0, 0.1) is 19.7 Å². The van der Waals surface area contributed by atoms with E-state index in [1.807, 2.05) is 44.9 Å². The zero-order valence-corrected chi connectivity index (χ0v) is 14.1. The van der Waals surface area contributed by atoms with Crippen molar-refractivity contribution < 1.29 is 4.39 Å². The predicted octanol–water partition coefficient (Wildman–Crippen LogP) is 5.89. The van der Waals surface area contributed by atoms with Gasteiger partial charge in [-0.15, -0.1) is 5.73 Å². The molecule has 0 heterocycles. The minimum Gasteiger partial charge on any atom is -0.341 e. The number of hydrogen-bond acceptors (Lipinski definition) is 1.